The summed E-state index contributed by atoms with van der Waals surface area (Å²) in [6, 6.07) is 0. The minimum absolute atomic E-state index is 0.0370. The summed E-state index contributed by atoms with van der Waals surface area (Å²) in [6.07, 6.45) is 0. The van der Waals surface area contributed by atoms with Crippen molar-refractivity contribution in [3.8, 4) is 0 Å². The van der Waals surface area contributed by atoms with E-state index in [1.54, 1.807) is 27.7 Å². The van der Waals surface area contributed by atoms with Crippen molar-refractivity contribution in [2.75, 3.05) is 0 Å². The number of hydrogen-bond acceptors (Lipinski definition) is 2. The van der Waals surface area contributed by atoms with Crippen molar-refractivity contribution in [2.24, 2.45) is 11.8 Å². The van der Waals surface area contributed by atoms with E-state index in [9.17, 15) is 8.42 Å². The first kappa shape index (κ1) is 10.9. The van der Waals surface area contributed by atoms with Crippen molar-refractivity contribution in [1.29, 1.82) is 0 Å². The minimum atomic E-state index is -3.86. The van der Waals surface area contributed by atoms with Crippen LogP contribution in [0.3, 0.4) is 0 Å². The fourth-order valence-corrected chi connectivity index (χ4v) is 2.83. The van der Waals surface area contributed by atoms with E-state index in [1.807, 2.05) is 0 Å². The maximum atomic E-state index is 10.8. The monoisotopic (exact) mass is 180 g/mol. The van der Waals surface area contributed by atoms with E-state index in [4.69, 9.17) is 4.55 Å². The van der Waals surface area contributed by atoms with Crippen molar-refractivity contribution < 1.29 is 13.0 Å². The first-order valence-electron chi connectivity index (χ1n) is 3.73. The third kappa shape index (κ3) is 3.20. The molecule has 0 aromatic rings. The molecule has 1 N–H and O–H groups in total. The van der Waals surface area contributed by atoms with Crippen LogP contribution in [0.15, 0.2) is 0 Å². The molecular weight excluding hydrogens is 164 g/mol. The molecular formula is C7H16O3S. The normalized spacial score (nSPS) is 13.5. The lowest BCUT2D eigenvalue weighted by Crippen LogP contribution is -2.31. The van der Waals surface area contributed by atoms with E-state index in [1.165, 1.54) is 0 Å². The van der Waals surface area contributed by atoms with Crippen LogP contribution in [0.5, 0.6) is 0 Å². The van der Waals surface area contributed by atoms with Crippen molar-refractivity contribution >= 4 is 10.1 Å². The Bertz CT molecular complexity index is 196. The smallest absolute Gasteiger partial charge is 0.268 e. The fraction of sp³-hybridized carbons (Fsp3) is 1.00. The summed E-state index contributed by atoms with van der Waals surface area (Å²) in [4.78, 5) is 0. The first-order valence-corrected chi connectivity index (χ1v) is 5.23. The molecule has 0 bridgehead atoms. The Labute approximate surface area is 68.6 Å². The van der Waals surface area contributed by atoms with Crippen LogP contribution < -0.4 is 0 Å². The van der Waals surface area contributed by atoms with Gasteiger partial charge in [-0.15, -0.1) is 0 Å². The molecule has 3 nitrogen and oxygen atoms in total. The second kappa shape index (κ2) is 3.54. The molecule has 0 saturated carbocycles. The zero-order valence-corrected chi connectivity index (χ0v) is 8.22. The highest BCUT2D eigenvalue weighted by Crippen LogP contribution is 2.19. The van der Waals surface area contributed by atoms with Crippen molar-refractivity contribution in [1.82, 2.24) is 0 Å². The van der Waals surface area contributed by atoms with Gasteiger partial charge in [0.05, 0.1) is 5.25 Å². The van der Waals surface area contributed by atoms with Gasteiger partial charge in [-0.25, -0.2) is 0 Å². The zero-order chi connectivity index (χ0) is 9.23. The first-order chi connectivity index (χ1) is 4.76. The van der Waals surface area contributed by atoms with Crippen LogP contribution in [0.2, 0.25) is 0 Å². The van der Waals surface area contributed by atoms with Gasteiger partial charge in [0.2, 0.25) is 0 Å². The number of hydrogen-bond donors (Lipinski definition) is 1. The number of rotatable bonds is 3. The van der Waals surface area contributed by atoms with E-state index < -0.39 is 15.4 Å². The maximum absolute atomic E-state index is 10.8. The predicted octanol–water partition coefficient (Wildman–Crippen LogP) is 1.55. The molecule has 0 aliphatic heterocycles. The van der Waals surface area contributed by atoms with Crippen LogP contribution in [0.4, 0.5) is 0 Å². The minimum Gasteiger partial charge on any atom is -0.285 e. The van der Waals surface area contributed by atoms with E-state index in [-0.39, 0.29) is 11.8 Å². The second-order valence-corrected chi connectivity index (χ2v) is 5.04. The molecule has 0 aromatic heterocycles. The molecule has 0 radical (unpaired) electrons. The van der Waals surface area contributed by atoms with Gasteiger partial charge >= 0.3 is 0 Å². The highest BCUT2D eigenvalue weighted by atomic mass is 32.2. The van der Waals surface area contributed by atoms with Crippen LogP contribution in [0.25, 0.3) is 0 Å². The van der Waals surface area contributed by atoms with E-state index in [0.29, 0.717) is 0 Å². The van der Waals surface area contributed by atoms with Gasteiger partial charge in [0, 0.05) is 0 Å². The highest BCUT2D eigenvalue weighted by molar-refractivity contribution is 7.86. The Kier molecular flexibility index (Phi) is 3.51. The summed E-state index contributed by atoms with van der Waals surface area (Å²) in [5, 5.41) is -0.637. The summed E-state index contributed by atoms with van der Waals surface area (Å²) in [7, 11) is -3.86. The van der Waals surface area contributed by atoms with Crippen LogP contribution in [0, 0.1) is 11.8 Å². The van der Waals surface area contributed by atoms with Gasteiger partial charge in [0.15, 0.2) is 0 Å². The molecule has 0 spiro atoms. The van der Waals surface area contributed by atoms with Crippen molar-refractivity contribution in [2.45, 2.75) is 32.9 Å². The van der Waals surface area contributed by atoms with Crippen molar-refractivity contribution in [3.05, 3.63) is 0 Å². The third-order valence-electron chi connectivity index (χ3n) is 1.66. The predicted molar refractivity (Wildman–Crippen MR) is 45.0 cm³/mol. The van der Waals surface area contributed by atoms with Gasteiger partial charge in [-0.1, -0.05) is 27.7 Å². The van der Waals surface area contributed by atoms with Gasteiger partial charge in [-0.05, 0) is 11.8 Å². The summed E-state index contributed by atoms with van der Waals surface area (Å²) < 4.78 is 30.3. The highest BCUT2D eigenvalue weighted by Gasteiger charge is 2.29. The molecule has 0 aliphatic rings. The zero-order valence-electron chi connectivity index (χ0n) is 7.40. The molecule has 0 fully saturated rings. The standard InChI is InChI=1S/C7H16O3S/c1-5(2)7(6(3)4)11(8,9)10/h5-7H,1-4H3,(H,8,9,10). The topological polar surface area (TPSA) is 54.4 Å². The Morgan fingerprint density at radius 1 is 1.00 bits per heavy atom. The largest absolute Gasteiger partial charge is 0.285 e. The molecule has 68 valence electrons. The SMILES string of the molecule is CC(C)C(C(C)C)S(=O)(=O)O. The molecule has 0 heterocycles. The maximum Gasteiger partial charge on any atom is 0.268 e. The summed E-state index contributed by atoms with van der Waals surface area (Å²) in [5.41, 5.74) is 0. The Morgan fingerprint density at radius 2 is 1.27 bits per heavy atom. The van der Waals surface area contributed by atoms with Gasteiger partial charge in [0.1, 0.15) is 0 Å². The fourth-order valence-electron chi connectivity index (χ4n) is 1.46. The average molecular weight is 180 g/mol. The van der Waals surface area contributed by atoms with Gasteiger partial charge in [-0.3, -0.25) is 4.55 Å². The lowest BCUT2D eigenvalue weighted by molar-refractivity contribution is 0.398. The Morgan fingerprint density at radius 3 is 1.27 bits per heavy atom. The van der Waals surface area contributed by atoms with Crippen LogP contribution in [0.1, 0.15) is 27.7 Å². The Hall–Kier alpha value is -0.0900. The Balaban J connectivity index is 4.64. The molecule has 4 heteroatoms. The molecule has 0 rings (SSSR count). The molecule has 0 aliphatic carbocycles. The van der Waals surface area contributed by atoms with Gasteiger partial charge in [0.25, 0.3) is 10.1 Å². The molecule has 11 heavy (non-hydrogen) atoms. The van der Waals surface area contributed by atoms with Crippen LogP contribution in [-0.4, -0.2) is 18.2 Å². The van der Waals surface area contributed by atoms with E-state index in [2.05, 4.69) is 0 Å². The molecule has 0 amide bonds. The second-order valence-electron chi connectivity index (χ2n) is 3.47. The quantitative estimate of drug-likeness (QED) is 0.670. The van der Waals surface area contributed by atoms with Gasteiger partial charge in [-0.2, -0.15) is 8.42 Å². The summed E-state index contributed by atoms with van der Waals surface area (Å²) >= 11 is 0. The molecule has 0 atom stereocenters. The summed E-state index contributed by atoms with van der Waals surface area (Å²) in [5.74, 6) is -0.0741. The van der Waals surface area contributed by atoms with E-state index in [0.717, 1.165) is 0 Å². The lowest BCUT2D eigenvalue weighted by atomic mass is 10.0. The summed E-state index contributed by atoms with van der Waals surface area (Å²) in [6.45, 7) is 7.16. The molecule has 0 unspecified atom stereocenters. The molecule has 0 saturated heterocycles. The molecule has 0 aromatic carbocycles. The van der Waals surface area contributed by atoms with Crippen molar-refractivity contribution in [3.63, 3.8) is 0 Å². The third-order valence-corrected chi connectivity index (χ3v) is 3.43. The van der Waals surface area contributed by atoms with Crippen LogP contribution in [-0.2, 0) is 10.1 Å². The van der Waals surface area contributed by atoms with Crippen LogP contribution >= 0.6 is 0 Å². The lowest BCUT2D eigenvalue weighted by Gasteiger charge is -2.20. The average Bonchev–Trinajstić information content (AvgIpc) is 1.54. The van der Waals surface area contributed by atoms with Gasteiger partial charge < -0.3 is 0 Å². The van der Waals surface area contributed by atoms with E-state index >= 15 is 0 Å².